The third-order valence-electron chi connectivity index (χ3n) is 1.57. The van der Waals surface area contributed by atoms with E-state index in [1.807, 2.05) is 32.9 Å². The molecular weight excluding hydrogens is 162 g/mol. The van der Waals surface area contributed by atoms with Crippen molar-refractivity contribution in [2.75, 3.05) is 0 Å². The maximum atomic E-state index is 8.78. The van der Waals surface area contributed by atoms with Gasteiger partial charge in [-0.2, -0.15) is 5.26 Å². The molecule has 67 valence electrons. The molecule has 13 heavy (non-hydrogen) atoms. The topological polar surface area (TPSA) is 33.0 Å². The van der Waals surface area contributed by atoms with E-state index in [0.29, 0.717) is 11.3 Å². The predicted octanol–water partition coefficient (Wildman–Crippen LogP) is 2.82. The van der Waals surface area contributed by atoms with Crippen molar-refractivity contribution in [1.29, 1.82) is 5.26 Å². The van der Waals surface area contributed by atoms with E-state index < -0.39 is 0 Å². The molecule has 1 radical (unpaired) electrons. The summed E-state index contributed by atoms with van der Waals surface area (Å²) in [5.41, 5.74) is 1.67. The van der Waals surface area contributed by atoms with Crippen molar-refractivity contribution in [3.05, 3.63) is 35.4 Å². The number of nitrogens with zero attached hydrogens (tertiary/aromatic N) is 1. The number of benzene rings is 1. The lowest BCUT2D eigenvalue weighted by Gasteiger charge is -2.10. The fourth-order valence-corrected chi connectivity index (χ4v) is 1.03. The Morgan fingerprint density at radius 3 is 2.62 bits per heavy atom. The van der Waals surface area contributed by atoms with Gasteiger partial charge < -0.3 is 4.74 Å². The smallest absolute Gasteiger partial charge is 0.142 e. The average molecular weight is 174 g/mol. The zero-order valence-electron chi connectivity index (χ0n) is 8.09. The molecule has 0 aliphatic rings. The zero-order chi connectivity index (χ0) is 9.84. The van der Waals surface area contributed by atoms with Crippen LogP contribution in [0, 0.1) is 24.4 Å². The highest BCUT2D eigenvalue weighted by molar-refractivity contribution is 5.45. The fourth-order valence-electron chi connectivity index (χ4n) is 1.03. The number of hydrogen-bond donors (Lipinski definition) is 0. The lowest BCUT2D eigenvalue weighted by molar-refractivity contribution is 0.344. The van der Waals surface area contributed by atoms with E-state index in [9.17, 15) is 0 Å². The Morgan fingerprint density at radius 1 is 1.38 bits per heavy atom. The molecule has 0 N–H and O–H groups in total. The van der Waals surface area contributed by atoms with Crippen molar-refractivity contribution < 1.29 is 4.74 Å². The number of ether oxygens (including phenoxy) is 1. The lowest BCUT2D eigenvalue weighted by Crippen LogP contribution is -1.98. The summed E-state index contributed by atoms with van der Waals surface area (Å²) in [6, 6.07) is 7.63. The molecule has 0 atom stereocenters. The van der Waals surface area contributed by atoms with Crippen LogP contribution in [0.5, 0.6) is 5.75 Å². The monoisotopic (exact) mass is 174 g/mol. The highest BCUT2D eigenvalue weighted by Gasteiger charge is 2.05. The standard InChI is InChI=1S/C11H12NO/c1-8(2)13-11-6-9(3)4-5-10(11)7-12/h4-6H,1-3H3. The maximum absolute atomic E-state index is 8.78. The van der Waals surface area contributed by atoms with Gasteiger partial charge in [0.2, 0.25) is 0 Å². The Hall–Kier alpha value is -1.49. The first-order chi connectivity index (χ1) is 6.13. The normalized spacial score (nSPS) is 9.77. The molecule has 0 unspecified atom stereocenters. The molecule has 1 aromatic rings. The molecule has 0 heterocycles. The maximum Gasteiger partial charge on any atom is 0.142 e. The van der Waals surface area contributed by atoms with Gasteiger partial charge >= 0.3 is 0 Å². The van der Waals surface area contributed by atoms with Gasteiger partial charge in [0, 0.05) is 0 Å². The van der Waals surface area contributed by atoms with Crippen LogP contribution in [0.4, 0.5) is 0 Å². The van der Waals surface area contributed by atoms with Crippen LogP contribution < -0.4 is 4.74 Å². The molecule has 0 aliphatic carbocycles. The molecule has 0 bridgehead atoms. The van der Waals surface area contributed by atoms with Gasteiger partial charge in [-0.25, -0.2) is 0 Å². The number of hydrogen-bond acceptors (Lipinski definition) is 2. The summed E-state index contributed by atoms with van der Waals surface area (Å²) in [7, 11) is 0. The Kier molecular flexibility index (Phi) is 2.92. The first kappa shape index (κ1) is 9.60. The third-order valence-corrected chi connectivity index (χ3v) is 1.57. The van der Waals surface area contributed by atoms with Crippen molar-refractivity contribution in [3.8, 4) is 11.8 Å². The summed E-state index contributed by atoms with van der Waals surface area (Å²) in [4.78, 5) is 0. The Labute approximate surface area is 78.8 Å². The molecule has 2 nitrogen and oxygen atoms in total. The van der Waals surface area contributed by atoms with E-state index in [0.717, 1.165) is 11.7 Å². The van der Waals surface area contributed by atoms with E-state index >= 15 is 0 Å². The van der Waals surface area contributed by atoms with Gasteiger partial charge in [-0.1, -0.05) is 6.07 Å². The molecule has 2 heteroatoms. The van der Waals surface area contributed by atoms with Gasteiger partial charge in [-0.05, 0) is 38.5 Å². The molecule has 0 saturated heterocycles. The second-order valence-corrected chi connectivity index (χ2v) is 3.12. The first-order valence-electron chi connectivity index (χ1n) is 4.12. The molecule has 0 fully saturated rings. The minimum atomic E-state index is 0.576. The average Bonchev–Trinajstić information content (AvgIpc) is 2.03. The molecule has 0 amide bonds. The van der Waals surface area contributed by atoms with Crippen LogP contribution >= 0.6 is 0 Å². The van der Waals surface area contributed by atoms with Crippen LogP contribution in [0.1, 0.15) is 25.0 Å². The number of rotatable bonds is 2. The summed E-state index contributed by atoms with van der Waals surface area (Å²) in [5.74, 6) is 0.641. The second kappa shape index (κ2) is 3.95. The van der Waals surface area contributed by atoms with Crippen LogP contribution in [-0.4, -0.2) is 0 Å². The molecule has 1 aromatic carbocycles. The summed E-state index contributed by atoms with van der Waals surface area (Å²) >= 11 is 0. The van der Waals surface area contributed by atoms with Crippen LogP contribution in [0.15, 0.2) is 18.2 Å². The minimum Gasteiger partial charge on any atom is -0.482 e. The van der Waals surface area contributed by atoms with E-state index in [4.69, 9.17) is 10.00 Å². The van der Waals surface area contributed by atoms with Gasteiger partial charge in [-0.3, -0.25) is 0 Å². The summed E-state index contributed by atoms with van der Waals surface area (Å²) in [6.07, 6.45) is 0.835. The van der Waals surface area contributed by atoms with Crippen molar-refractivity contribution in [1.82, 2.24) is 0 Å². The van der Waals surface area contributed by atoms with Crippen molar-refractivity contribution in [3.63, 3.8) is 0 Å². The summed E-state index contributed by atoms with van der Waals surface area (Å²) in [6.45, 7) is 5.70. The summed E-state index contributed by atoms with van der Waals surface area (Å²) in [5, 5.41) is 8.78. The predicted molar refractivity (Wildman–Crippen MR) is 51.1 cm³/mol. The highest BCUT2D eigenvalue weighted by Crippen LogP contribution is 2.21. The van der Waals surface area contributed by atoms with Crippen LogP contribution in [0.3, 0.4) is 0 Å². The molecule has 0 aliphatic heterocycles. The molecular formula is C11H12NO. The molecule has 0 spiro atoms. The van der Waals surface area contributed by atoms with Crippen molar-refractivity contribution in [2.45, 2.75) is 20.8 Å². The van der Waals surface area contributed by atoms with Crippen LogP contribution in [0.25, 0.3) is 0 Å². The Bertz CT molecular complexity index is 336. The van der Waals surface area contributed by atoms with E-state index in [1.165, 1.54) is 0 Å². The number of aryl methyl sites for hydroxylation is 1. The SMILES string of the molecule is C[C](C)Oc1cc(C)ccc1C#N. The quantitative estimate of drug-likeness (QED) is 0.690. The lowest BCUT2D eigenvalue weighted by atomic mass is 10.1. The van der Waals surface area contributed by atoms with Gasteiger partial charge in [-0.15, -0.1) is 0 Å². The van der Waals surface area contributed by atoms with Crippen molar-refractivity contribution in [2.24, 2.45) is 0 Å². The van der Waals surface area contributed by atoms with Gasteiger partial charge in [0.1, 0.15) is 17.9 Å². The van der Waals surface area contributed by atoms with E-state index in [1.54, 1.807) is 6.07 Å². The van der Waals surface area contributed by atoms with Crippen LogP contribution in [0.2, 0.25) is 0 Å². The number of nitriles is 1. The largest absolute Gasteiger partial charge is 0.482 e. The molecule has 1 rings (SSSR count). The highest BCUT2D eigenvalue weighted by atomic mass is 16.5. The third kappa shape index (κ3) is 2.48. The fraction of sp³-hybridized carbons (Fsp3) is 0.273. The Balaban J connectivity index is 3.03. The van der Waals surface area contributed by atoms with Gasteiger partial charge in [0.25, 0.3) is 0 Å². The second-order valence-electron chi connectivity index (χ2n) is 3.12. The zero-order valence-corrected chi connectivity index (χ0v) is 8.09. The minimum absolute atomic E-state index is 0.576. The van der Waals surface area contributed by atoms with Gasteiger partial charge in [0.15, 0.2) is 0 Å². The summed E-state index contributed by atoms with van der Waals surface area (Å²) < 4.78 is 5.41. The molecule has 0 saturated carbocycles. The van der Waals surface area contributed by atoms with Crippen molar-refractivity contribution >= 4 is 0 Å². The van der Waals surface area contributed by atoms with Gasteiger partial charge in [0.05, 0.1) is 5.56 Å². The van der Waals surface area contributed by atoms with E-state index in [2.05, 4.69) is 6.07 Å². The Morgan fingerprint density at radius 2 is 2.08 bits per heavy atom. The first-order valence-corrected chi connectivity index (χ1v) is 4.12. The molecule has 0 aromatic heterocycles. The van der Waals surface area contributed by atoms with E-state index in [-0.39, 0.29) is 0 Å². The van der Waals surface area contributed by atoms with Crippen LogP contribution in [-0.2, 0) is 0 Å².